The summed E-state index contributed by atoms with van der Waals surface area (Å²) in [6, 6.07) is 4.53. The highest BCUT2D eigenvalue weighted by Crippen LogP contribution is 2.27. The van der Waals surface area contributed by atoms with Gasteiger partial charge in [-0.05, 0) is 12.1 Å². The zero-order valence-electron chi connectivity index (χ0n) is 10.2. The van der Waals surface area contributed by atoms with Gasteiger partial charge in [0, 0.05) is 31.9 Å². The Morgan fingerprint density at radius 2 is 2.11 bits per heavy atom. The third kappa shape index (κ3) is 1.97. The lowest BCUT2D eigenvalue weighted by molar-refractivity contribution is 0.0693. The highest BCUT2D eigenvalue weighted by Gasteiger charge is 2.27. The van der Waals surface area contributed by atoms with Crippen LogP contribution in [0.3, 0.4) is 0 Å². The molecular weight excluding hydrogens is 236 g/mol. The largest absolute Gasteiger partial charge is 0.496 e. The molecule has 1 heterocycles. The summed E-state index contributed by atoms with van der Waals surface area (Å²) in [6.07, 6.45) is 0. The van der Waals surface area contributed by atoms with Crippen molar-refractivity contribution in [3.63, 3.8) is 0 Å². The normalized spacial score (nSPS) is 15.1. The van der Waals surface area contributed by atoms with Gasteiger partial charge in [0.05, 0.1) is 7.11 Å². The van der Waals surface area contributed by atoms with Gasteiger partial charge in [0.25, 0.3) is 0 Å². The molecule has 1 aliphatic rings. The third-order valence-corrected chi connectivity index (χ3v) is 2.94. The molecule has 6 heteroatoms. The number of carbonyl (C=O) groups is 2. The molecule has 0 saturated carbocycles. The minimum atomic E-state index is -1.05. The zero-order chi connectivity index (χ0) is 13.3. The number of aromatic carboxylic acids is 1. The second kappa shape index (κ2) is 4.56. The van der Waals surface area contributed by atoms with Crippen molar-refractivity contribution in [3.8, 4) is 5.75 Å². The molecule has 0 radical (unpaired) electrons. The Labute approximate surface area is 104 Å². The van der Waals surface area contributed by atoms with Crippen LogP contribution in [0, 0.1) is 0 Å². The van der Waals surface area contributed by atoms with Crippen molar-refractivity contribution in [1.82, 2.24) is 4.90 Å². The van der Waals surface area contributed by atoms with Gasteiger partial charge in [0.15, 0.2) is 0 Å². The number of hydrogen-bond acceptors (Lipinski definition) is 3. The highest BCUT2D eigenvalue weighted by atomic mass is 16.5. The van der Waals surface area contributed by atoms with E-state index in [9.17, 15) is 9.59 Å². The van der Waals surface area contributed by atoms with Crippen LogP contribution in [0.25, 0.3) is 0 Å². The van der Waals surface area contributed by atoms with Gasteiger partial charge < -0.3 is 14.7 Å². The van der Waals surface area contributed by atoms with Crippen LogP contribution >= 0.6 is 0 Å². The van der Waals surface area contributed by atoms with Crippen LogP contribution in [0.15, 0.2) is 18.2 Å². The Morgan fingerprint density at radius 1 is 1.39 bits per heavy atom. The molecule has 0 atom stereocenters. The second-order valence-electron chi connectivity index (χ2n) is 4.05. The molecule has 1 saturated heterocycles. The standard InChI is InChI=1S/C12H14N2O4/c1-13-5-6-14(12(13)17)8-3-4-9(11(15)16)10(7-8)18-2/h3-4,7H,5-6H2,1-2H3,(H,15,16). The number of methoxy groups -OCH3 is 1. The van der Waals surface area contributed by atoms with Crippen LogP contribution in [0.2, 0.25) is 0 Å². The van der Waals surface area contributed by atoms with E-state index in [0.717, 1.165) is 0 Å². The first kappa shape index (κ1) is 12.2. The number of carbonyl (C=O) groups excluding carboxylic acids is 1. The number of carboxylic acid groups (broad SMARTS) is 1. The van der Waals surface area contributed by atoms with Gasteiger partial charge in [-0.1, -0.05) is 0 Å². The minimum absolute atomic E-state index is 0.0845. The van der Waals surface area contributed by atoms with Gasteiger partial charge >= 0.3 is 12.0 Å². The number of ether oxygens (including phenoxy) is 1. The molecule has 18 heavy (non-hydrogen) atoms. The molecule has 0 unspecified atom stereocenters. The molecule has 0 aromatic heterocycles. The fourth-order valence-electron chi connectivity index (χ4n) is 1.91. The molecule has 2 rings (SSSR count). The van der Waals surface area contributed by atoms with Crippen molar-refractivity contribution in [1.29, 1.82) is 0 Å². The first-order chi connectivity index (χ1) is 8.54. The van der Waals surface area contributed by atoms with E-state index >= 15 is 0 Å². The van der Waals surface area contributed by atoms with E-state index in [1.54, 1.807) is 29.0 Å². The summed E-state index contributed by atoms with van der Waals surface area (Å²) in [4.78, 5) is 26.0. The molecule has 2 amide bonds. The Hall–Kier alpha value is -2.24. The smallest absolute Gasteiger partial charge is 0.339 e. The number of urea groups is 1. The van der Waals surface area contributed by atoms with Crippen molar-refractivity contribution in [2.24, 2.45) is 0 Å². The maximum Gasteiger partial charge on any atom is 0.339 e. The van der Waals surface area contributed by atoms with Gasteiger partial charge in [0.2, 0.25) is 0 Å². The van der Waals surface area contributed by atoms with E-state index < -0.39 is 5.97 Å². The van der Waals surface area contributed by atoms with E-state index in [2.05, 4.69) is 0 Å². The topological polar surface area (TPSA) is 70.1 Å². The van der Waals surface area contributed by atoms with Gasteiger partial charge in [0.1, 0.15) is 11.3 Å². The summed E-state index contributed by atoms with van der Waals surface area (Å²) in [5.41, 5.74) is 0.729. The van der Waals surface area contributed by atoms with Crippen molar-refractivity contribution < 1.29 is 19.4 Å². The molecule has 0 spiro atoms. The van der Waals surface area contributed by atoms with Crippen molar-refractivity contribution in [3.05, 3.63) is 23.8 Å². The van der Waals surface area contributed by atoms with E-state index in [1.807, 2.05) is 0 Å². The van der Waals surface area contributed by atoms with Gasteiger partial charge in [-0.15, -0.1) is 0 Å². The summed E-state index contributed by atoms with van der Waals surface area (Å²) in [5.74, 6) is -0.800. The number of likely N-dealkylation sites (N-methyl/N-ethyl adjacent to an activating group) is 1. The Balaban J connectivity index is 2.36. The average molecular weight is 250 g/mol. The van der Waals surface area contributed by atoms with E-state index in [4.69, 9.17) is 9.84 Å². The minimum Gasteiger partial charge on any atom is -0.496 e. The maximum absolute atomic E-state index is 11.8. The lowest BCUT2D eigenvalue weighted by Crippen LogP contribution is -2.29. The number of nitrogens with zero attached hydrogens (tertiary/aromatic N) is 2. The van der Waals surface area contributed by atoms with E-state index in [-0.39, 0.29) is 17.3 Å². The van der Waals surface area contributed by atoms with Crippen LogP contribution in [-0.4, -0.2) is 49.3 Å². The number of benzene rings is 1. The average Bonchev–Trinajstić information content (AvgIpc) is 2.69. The van der Waals surface area contributed by atoms with Crippen LogP contribution in [-0.2, 0) is 0 Å². The summed E-state index contributed by atoms with van der Waals surface area (Å²) in [6.45, 7) is 1.24. The fourth-order valence-corrected chi connectivity index (χ4v) is 1.91. The molecule has 0 aliphatic carbocycles. The predicted molar refractivity (Wildman–Crippen MR) is 65.3 cm³/mol. The molecule has 1 aliphatic heterocycles. The molecule has 96 valence electrons. The Kier molecular flexibility index (Phi) is 3.10. The first-order valence-electron chi connectivity index (χ1n) is 5.48. The van der Waals surface area contributed by atoms with Crippen LogP contribution in [0.1, 0.15) is 10.4 Å². The van der Waals surface area contributed by atoms with Gasteiger partial charge in [-0.25, -0.2) is 9.59 Å². The molecule has 1 aromatic carbocycles. The number of anilines is 1. The molecule has 1 N–H and O–H groups in total. The fraction of sp³-hybridized carbons (Fsp3) is 0.333. The van der Waals surface area contributed by atoms with Crippen molar-refractivity contribution >= 4 is 17.7 Å². The molecular formula is C12H14N2O4. The van der Waals surface area contributed by atoms with Crippen molar-refractivity contribution in [2.75, 3.05) is 32.1 Å². The Bertz CT molecular complexity index is 501. The number of carboxylic acids is 1. The number of hydrogen-bond donors (Lipinski definition) is 1. The maximum atomic E-state index is 11.8. The number of amides is 2. The first-order valence-corrected chi connectivity index (χ1v) is 5.48. The van der Waals surface area contributed by atoms with Crippen LogP contribution in [0.5, 0.6) is 5.75 Å². The molecule has 1 fully saturated rings. The molecule has 1 aromatic rings. The lowest BCUT2D eigenvalue weighted by Gasteiger charge is -2.17. The monoisotopic (exact) mass is 250 g/mol. The quantitative estimate of drug-likeness (QED) is 0.876. The summed E-state index contributed by atoms with van der Waals surface area (Å²) >= 11 is 0. The highest BCUT2D eigenvalue weighted by molar-refractivity contribution is 5.96. The third-order valence-electron chi connectivity index (χ3n) is 2.94. The Morgan fingerprint density at radius 3 is 2.61 bits per heavy atom. The lowest BCUT2D eigenvalue weighted by atomic mass is 10.1. The van der Waals surface area contributed by atoms with Crippen LogP contribution < -0.4 is 9.64 Å². The van der Waals surface area contributed by atoms with E-state index in [1.165, 1.54) is 13.2 Å². The van der Waals surface area contributed by atoms with Gasteiger partial charge in [-0.3, -0.25) is 4.90 Å². The van der Waals surface area contributed by atoms with E-state index in [0.29, 0.717) is 18.8 Å². The second-order valence-corrected chi connectivity index (χ2v) is 4.05. The SMILES string of the molecule is COc1cc(N2CCN(C)C2=O)ccc1C(=O)O. The van der Waals surface area contributed by atoms with Crippen LogP contribution in [0.4, 0.5) is 10.5 Å². The summed E-state index contributed by atoms with van der Waals surface area (Å²) in [7, 11) is 3.13. The van der Waals surface area contributed by atoms with Gasteiger partial charge in [-0.2, -0.15) is 0 Å². The molecule has 0 bridgehead atoms. The zero-order valence-corrected chi connectivity index (χ0v) is 10.2. The molecule has 6 nitrogen and oxygen atoms in total. The predicted octanol–water partition coefficient (Wildman–Crippen LogP) is 1.27. The number of rotatable bonds is 3. The van der Waals surface area contributed by atoms with Crippen molar-refractivity contribution in [2.45, 2.75) is 0 Å². The summed E-state index contributed by atoms with van der Waals surface area (Å²) < 4.78 is 5.04. The summed E-state index contributed by atoms with van der Waals surface area (Å²) in [5, 5.41) is 8.98.